The molecule has 2 heteroatoms. The molecule has 2 N–H and O–H groups in total. The summed E-state index contributed by atoms with van der Waals surface area (Å²) >= 11 is 0. The Morgan fingerprint density at radius 2 is 1.55 bits per heavy atom. The quantitative estimate of drug-likeness (QED) is 0.793. The van der Waals surface area contributed by atoms with Crippen molar-refractivity contribution in [3.63, 3.8) is 0 Å². The van der Waals surface area contributed by atoms with Crippen LogP contribution in [0.4, 0.5) is 0 Å². The number of nitrogens with two attached hydrogens (primary N) is 1. The topological polar surface area (TPSA) is 29.3 Å². The number of nitrogens with zero attached hydrogens (tertiary/aromatic N) is 1. The van der Waals surface area contributed by atoms with Gasteiger partial charge in [-0.25, -0.2) is 0 Å². The van der Waals surface area contributed by atoms with Crippen LogP contribution in [0, 0.1) is 23.2 Å². The van der Waals surface area contributed by atoms with Crippen molar-refractivity contribution in [3.05, 3.63) is 0 Å². The van der Waals surface area contributed by atoms with Gasteiger partial charge in [0, 0.05) is 25.2 Å². The van der Waals surface area contributed by atoms with E-state index in [1.165, 1.54) is 32.4 Å². The third-order valence-corrected chi connectivity index (χ3v) is 5.17. The van der Waals surface area contributed by atoms with E-state index in [4.69, 9.17) is 5.73 Å². The molecule has 1 aliphatic carbocycles. The standard InChI is InChI=1S/C18H38N2/c1-14(2)11-20(12-15(3)4)18(13-19)9-8-17(6,7)10-16(18)5/h14-16H,8-13,19H2,1-7H3. The minimum Gasteiger partial charge on any atom is -0.329 e. The predicted octanol–water partition coefficient (Wildman–Crippen LogP) is 4.14. The van der Waals surface area contributed by atoms with Gasteiger partial charge >= 0.3 is 0 Å². The van der Waals surface area contributed by atoms with Gasteiger partial charge in [0.05, 0.1) is 0 Å². The summed E-state index contributed by atoms with van der Waals surface area (Å²) in [4.78, 5) is 2.74. The molecule has 2 nitrogen and oxygen atoms in total. The number of hydrogen-bond donors (Lipinski definition) is 1. The lowest BCUT2D eigenvalue weighted by Crippen LogP contribution is -2.62. The molecule has 0 aliphatic heterocycles. The van der Waals surface area contributed by atoms with Crippen LogP contribution in [0.1, 0.15) is 67.7 Å². The molecule has 2 unspecified atom stereocenters. The van der Waals surface area contributed by atoms with Crippen molar-refractivity contribution in [2.45, 2.75) is 73.3 Å². The van der Waals surface area contributed by atoms with Crippen LogP contribution >= 0.6 is 0 Å². The first kappa shape index (κ1) is 18.0. The van der Waals surface area contributed by atoms with E-state index in [1.807, 2.05) is 0 Å². The molecule has 0 spiro atoms. The Morgan fingerprint density at radius 1 is 1.05 bits per heavy atom. The zero-order chi connectivity index (χ0) is 15.6. The Morgan fingerprint density at radius 3 is 1.90 bits per heavy atom. The van der Waals surface area contributed by atoms with Gasteiger partial charge in [0.25, 0.3) is 0 Å². The second-order valence-electron chi connectivity index (χ2n) is 8.77. The molecular formula is C18H38N2. The molecule has 2 atom stereocenters. The fraction of sp³-hybridized carbons (Fsp3) is 1.00. The molecule has 0 bridgehead atoms. The van der Waals surface area contributed by atoms with Crippen molar-refractivity contribution in [2.75, 3.05) is 19.6 Å². The third kappa shape index (κ3) is 4.21. The zero-order valence-electron chi connectivity index (χ0n) is 15.0. The summed E-state index contributed by atoms with van der Waals surface area (Å²) in [5.74, 6) is 2.10. The van der Waals surface area contributed by atoms with Gasteiger partial charge in [-0.3, -0.25) is 4.90 Å². The normalized spacial score (nSPS) is 30.4. The molecule has 120 valence electrons. The summed E-state index contributed by atoms with van der Waals surface area (Å²) in [5.41, 5.74) is 7.04. The van der Waals surface area contributed by atoms with Crippen LogP contribution in [0.25, 0.3) is 0 Å². The van der Waals surface area contributed by atoms with Crippen molar-refractivity contribution in [1.82, 2.24) is 4.90 Å². The van der Waals surface area contributed by atoms with Crippen molar-refractivity contribution >= 4 is 0 Å². The summed E-state index contributed by atoms with van der Waals surface area (Å²) in [6.45, 7) is 19.7. The van der Waals surface area contributed by atoms with E-state index in [0.29, 0.717) is 23.2 Å². The molecule has 0 radical (unpaired) electrons. The van der Waals surface area contributed by atoms with E-state index in [2.05, 4.69) is 53.4 Å². The molecule has 0 aromatic rings. The van der Waals surface area contributed by atoms with Gasteiger partial charge in [-0.05, 0) is 42.4 Å². The van der Waals surface area contributed by atoms with E-state index in [-0.39, 0.29) is 5.54 Å². The maximum Gasteiger partial charge on any atom is 0.0357 e. The summed E-state index contributed by atoms with van der Waals surface area (Å²) in [6, 6.07) is 0. The third-order valence-electron chi connectivity index (χ3n) is 5.17. The highest BCUT2D eigenvalue weighted by molar-refractivity contribution is 5.02. The second-order valence-corrected chi connectivity index (χ2v) is 8.77. The van der Waals surface area contributed by atoms with Gasteiger partial charge in [-0.2, -0.15) is 0 Å². The molecule has 1 aliphatic rings. The highest BCUT2D eigenvalue weighted by Crippen LogP contribution is 2.46. The Labute approximate surface area is 127 Å². The molecule has 1 fully saturated rings. The van der Waals surface area contributed by atoms with E-state index < -0.39 is 0 Å². The first-order valence-electron chi connectivity index (χ1n) is 8.58. The van der Waals surface area contributed by atoms with Crippen LogP contribution in [-0.4, -0.2) is 30.1 Å². The molecule has 1 rings (SSSR count). The van der Waals surface area contributed by atoms with Crippen LogP contribution in [-0.2, 0) is 0 Å². The molecule has 0 aromatic carbocycles. The van der Waals surface area contributed by atoms with Crippen molar-refractivity contribution in [3.8, 4) is 0 Å². The largest absolute Gasteiger partial charge is 0.329 e. The lowest BCUT2D eigenvalue weighted by atomic mass is 9.63. The summed E-state index contributed by atoms with van der Waals surface area (Å²) in [6.07, 6.45) is 3.87. The first-order valence-corrected chi connectivity index (χ1v) is 8.58. The van der Waals surface area contributed by atoms with Crippen LogP contribution in [0.2, 0.25) is 0 Å². The van der Waals surface area contributed by atoms with Gasteiger partial charge < -0.3 is 5.73 Å². The molecule has 0 saturated heterocycles. The lowest BCUT2D eigenvalue weighted by molar-refractivity contribution is -0.0337. The minimum absolute atomic E-state index is 0.226. The van der Waals surface area contributed by atoms with E-state index in [1.54, 1.807) is 0 Å². The van der Waals surface area contributed by atoms with Gasteiger partial charge in [-0.1, -0.05) is 48.5 Å². The first-order chi connectivity index (χ1) is 9.13. The predicted molar refractivity (Wildman–Crippen MR) is 89.8 cm³/mol. The van der Waals surface area contributed by atoms with Gasteiger partial charge in [0.1, 0.15) is 0 Å². The monoisotopic (exact) mass is 282 g/mol. The maximum absolute atomic E-state index is 6.33. The molecule has 0 amide bonds. The summed E-state index contributed by atoms with van der Waals surface area (Å²) in [5, 5.41) is 0. The SMILES string of the molecule is CC(C)CN(CC(C)C)C1(CN)CCC(C)(C)CC1C. The van der Waals surface area contributed by atoms with Crippen LogP contribution in [0.5, 0.6) is 0 Å². The van der Waals surface area contributed by atoms with Gasteiger partial charge in [0.15, 0.2) is 0 Å². The van der Waals surface area contributed by atoms with E-state index in [0.717, 1.165) is 6.54 Å². The van der Waals surface area contributed by atoms with E-state index in [9.17, 15) is 0 Å². The van der Waals surface area contributed by atoms with Crippen LogP contribution in [0.3, 0.4) is 0 Å². The average molecular weight is 283 g/mol. The van der Waals surface area contributed by atoms with E-state index >= 15 is 0 Å². The highest BCUT2D eigenvalue weighted by atomic mass is 15.2. The Balaban J connectivity index is 2.98. The number of hydrogen-bond acceptors (Lipinski definition) is 2. The fourth-order valence-corrected chi connectivity index (χ4v) is 4.14. The van der Waals surface area contributed by atoms with Gasteiger partial charge in [0.2, 0.25) is 0 Å². The number of rotatable bonds is 6. The molecular weight excluding hydrogens is 244 g/mol. The Kier molecular flexibility index (Phi) is 6.10. The molecule has 0 aromatic heterocycles. The Hall–Kier alpha value is -0.0800. The van der Waals surface area contributed by atoms with Crippen molar-refractivity contribution in [1.29, 1.82) is 0 Å². The lowest BCUT2D eigenvalue weighted by Gasteiger charge is -2.54. The smallest absolute Gasteiger partial charge is 0.0357 e. The van der Waals surface area contributed by atoms with Gasteiger partial charge in [-0.15, -0.1) is 0 Å². The fourth-order valence-electron chi connectivity index (χ4n) is 4.14. The van der Waals surface area contributed by atoms with Crippen LogP contribution in [0.15, 0.2) is 0 Å². The molecule has 20 heavy (non-hydrogen) atoms. The minimum atomic E-state index is 0.226. The molecule has 0 heterocycles. The summed E-state index contributed by atoms with van der Waals surface area (Å²) in [7, 11) is 0. The highest BCUT2D eigenvalue weighted by Gasteiger charge is 2.46. The van der Waals surface area contributed by atoms with Crippen molar-refractivity contribution < 1.29 is 0 Å². The zero-order valence-corrected chi connectivity index (χ0v) is 15.0. The average Bonchev–Trinajstić information content (AvgIpc) is 2.26. The maximum atomic E-state index is 6.33. The molecule has 1 saturated carbocycles. The second kappa shape index (κ2) is 6.79. The van der Waals surface area contributed by atoms with Crippen molar-refractivity contribution in [2.24, 2.45) is 28.9 Å². The van der Waals surface area contributed by atoms with Crippen LogP contribution < -0.4 is 5.73 Å². The summed E-state index contributed by atoms with van der Waals surface area (Å²) < 4.78 is 0. The Bertz CT molecular complexity index is 286.